The van der Waals surface area contributed by atoms with Crippen molar-refractivity contribution in [3.8, 4) is 5.75 Å². The average molecular weight is 426 g/mol. The number of aromatic nitrogens is 4. The fraction of sp³-hybridized carbons (Fsp3) is 0.522. The van der Waals surface area contributed by atoms with Gasteiger partial charge in [0, 0.05) is 25.2 Å². The molecular formula is C23H31N5O3. The lowest BCUT2D eigenvalue weighted by atomic mass is 9.74. The molecule has 0 bridgehead atoms. The Balaban J connectivity index is 1.63. The van der Waals surface area contributed by atoms with Crippen molar-refractivity contribution in [1.82, 2.24) is 19.7 Å². The lowest BCUT2D eigenvalue weighted by molar-refractivity contribution is 0.0543. The summed E-state index contributed by atoms with van der Waals surface area (Å²) >= 11 is 0. The molecule has 8 nitrogen and oxygen atoms in total. The molecule has 0 spiro atoms. The van der Waals surface area contributed by atoms with Gasteiger partial charge in [-0.1, -0.05) is 12.1 Å². The highest BCUT2D eigenvalue weighted by molar-refractivity contribution is 5.74. The number of nitrogens with one attached hydrogen (secondary N) is 2. The highest BCUT2D eigenvalue weighted by Gasteiger charge is 2.34. The SMILES string of the molecule is CCOc1ccc(C2(CNc3nc4c(cnn4C(C)(C)C)c(=O)[nH]3)CCOCC2)cc1. The van der Waals surface area contributed by atoms with Crippen LogP contribution in [0.1, 0.15) is 46.1 Å². The van der Waals surface area contributed by atoms with E-state index in [1.165, 1.54) is 5.56 Å². The molecule has 0 saturated carbocycles. The first kappa shape index (κ1) is 21.4. The van der Waals surface area contributed by atoms with Crippen molar-refractivity contribution in [3.63, 3.8) is 0 Å². The van der Waals surface area contributed by atoms with Gasteiger partial charge in [-0.05, 0) is 58.2 Å². The fourth-order valence-corrected chi connectivity index (χ4v) is 4.15. The summed E-state index contributed by atoms with van der Waals surface area (Å²) in [6.07, 6.45) is 3.36. The summed E-state index contributed by atoms with van der Waals surface area (Å²) in [6, 6.07) is 8.30. The summed E-state index contributed by atoms with van der Waals surface area (Å²) in [5.74, 6) is 1.33. The molecule has 1 saturated heterocycles. The average Bonchev–Trinajstić information content (AvgIpc) is 3.19. The third kappa shape index (κ3) is 4.30. The molecule has 1 aliphatic heterocycles. The van der Waals surface area contributed by atoms with Gasteiger partial charge in [0.1, 0.15) is 11.1 Å². The van der Waals surface area contributed by atoms with E-state index in [0.717, 1.165) is 18.6 Å². The minimum absolute atomic E-state index is 0.110. The van der Waals surface area contributed by atoms with Crippen LogP contribution < -0.4 is 15.6 Å². The zero-order chi connectivity index (χ0) is 22.1. The monoisotopic (exact) mass is 425 g/mol. The molecule has 2 N–H and O–H groups in total. The van der Waals surface area contributed by atoms with Crippen LogP contribution in [0.2, 0.25) is 0 Å². The maximum atomic E-state index is 12.6. The van der Waals surface area contributed by atoms with Crippen molar-refractivity contribution in [3.05, 3.63) is 46.4 Å². The molecule has 0 aliphatic carbocycles. The van der Waals surface area contributed by atoms with Crippen molar-refractivity contribution in [2.45, 2.75) is 51.5 Å². The second-order valence-electron chi connectivity index (χ2n) is 9.08. The third-order valence-electron chi connectivity index (χ3n) is 5.90. The van der Waals surface area contributed by atoms with Gasteiger partial charge < -0.3 is 14.8 Å². The van der Waals surface area contributed by atoms with E-state index in [1.54, 1.807) is 10.9 Å². The second kappa shape index (κ2) is 8.34. The first-order valence-corrected chi connectivity index (χ1v) is 10.9. The Morgan fingerprint density at radius 2 is 1.94 bits per heavy atom. The minimum atomic E-state index is -0.274. The Bertz CT molecular complexity index is 1090. The highest BCUT2D eigenvalue weighted by atomic mass is 16.5. The molecule has 0 radical (unpaired) electrons. The van der Waals surface area contributed by atoms with Gasteiger partial charge in [-0.15, -0.1) is 0 Å². The first-order chi connectivity index (χ1) is 14.8. The number of hydrogen-bond donors (Lipinski definition) is 2. The van der Waals surface area contributed by atoms with Crippen molar-refractivity contribution < 1.29 is 9.47 Å². The van der Waals surface area contributed by atoms with Crippen LogP contribution in [0.5, 0.6) is 5.75 Å². The van der Waals surface area contributed by atoms with E-state index in [2.05, 4.69) is 27.5 Å². The predicted molar refractivity (Wildman–Crippen MR) is 121 cm³/mol. The van der Waals surface area contributed by atoms with Crippen LogP contribution in [-0.4, -0.2) is 46.1 Å². The van der Waals surface area contributed by atoms with Crippen LogP contribution >= 0.6 is 0 Å². The molecule has 0 unspecified atom stereocenters. The maximum Gasteiger partial charge on any atom is 0.263 e. The van der Waals surface area contributed by atoms with Gasteiger partial charge in [0.25, 0.3) is 5.56 Å². The van der Waals surface area contributed by atoms with Crippen LogP contribution in [-0.2, 0) is 15.7 Å². The molecule has 31 heavy (non-hydrogen) atoms. The molecule has 1 aromatic carbocycles. The molecular weight excluding hydrogens is 394 g/mol. The zero-order valence-electron chi connectivity index (χ0n) is 18.7. The molecule has 3 aromatic rings. The van der Waals surface area contributed by atoms with Crippen LogP contribution in [0.3, 0.4) is 0 Å². The fourth-order valence-electron chi connectivity index (χ4n) is 4.15. The minimum Gasteiger partial charge on any atom is -0.494 e. The van der Waals surface area contributed by atoms with Gasteiger partial charge in [0.05, 0.1) is 18.3 Å². The molecule has 4 rings (SSSR count). The van der Waals surface area contributed by atoms with E-state index < -0.39 is 0 Å². The topological polar surface area (TPSA) is 94.1 Å². The van der Waals surface area contributed by atoms with Gasteiger partial charge in [-0.25, -0.2) is 4.68 Å². The van der Waals surface area contributed by atoms with Crippen LogP contribution in [0.4, 0.5) is 5.95 Å². The number of ether oxygens (including phenoxy) is 2. The Kier molecular flexibility index (Phi) is 5.75. The van der Waals surface area contributed by atoms with E-state index in [9.17, 15) is 4.79 Å². The second-order valence-corrected chi connectivity index (χ2v) is 9.08. The smallest absolute Gasteiger partial charge is 0.263 e. The predicted octanol–water partition coefficient (Wildman–Crippen LogP) is 3.43. The molecule has 2 aromatic heterocycles. The largest absolute Gasteiger partial charge is 0.494 e. The van der Waals surface area contributed by atoms with Crippen molar-refractivity contribution >= 4 is 17.0 Å². The molecule has 0 atom stereocenters. The number of nitrogens with zero attached hydrogens (tertiary/aromatic N) is 3. The highest BCUT2D eigenvalue weighted by Crippen LogP contribution is 2.36. The molecule has 166 valence electrons. The standard InChI is InChI=1S/C23H31N5O3/c1-5-31-17-8-6-16(7-9-17)23(10-12-30-13-11-23)15-24-21-26-19-18(20(29)27-21)14-25-28(19)22(2,3)4/h6-9,14H,5,10-13,15H2,1-4H3,(H2,24,26,27,29). The van der Waals surface area contributed by atoms with Crippen molar-refractivity contribution in [2.24, 2.45) is 0 Å². The third-order valence-corrected chi connectivity index (χ3v) is 5.90. The lowest BCUT2D eigenvalue weighted by Gasteiger charge is -2.38. The van der Waals surface area contributed by atoms with E-state index in [4.69, 9.17) is 14.5 Å². The van der Waals surface area contributed by atoms with Crippen LogP contribution in [0.15, 0.2) is 35.3 Å². The summed E-state index contributed by atoms with van der Waals surface area (Å²) in [7, 11) is 0. The number of aromatic amines is 1. The van der Waals surface area contributed by atoms with E-state index in [0.29, 0.717) is 43.3 Å². The number of rotatable bonds is 6. The zero-order valence-corrected chi connectivity index (χ0v) is 18.7. The van der Waals surface area contributed by atoms with E-state index in [1.807, 2.05) is 39.8 Å². The van der Waals surface area contributed by atoms with Gasteiger partial charge in [0.2, 0.25) is 5.95 Å². The van der Waals surface area contributed by atoms with Crippen LogP contribution in [0.25, 0.3) is 11.0 Å². The van der Waals surface area contributed by atoms with Gasteiger partial charge in [-0.3, -0.25) is 9.78 Å². The number of anilines is 1. The van der Waals surface area contributed by atoms with Gasteiger partial charge >= 0.3 is 0 Å². The Morgan fingerprint density at radius 1 is 1.23 bits per heavy atom. The number of H-pyrrole nitrogens is 1. The van der Waals surface area contributed by atoms with Crippen LogP contribution in [0, 0.1) is 0 Å². The number of fused-ring (bicyclic) bond motifs is 1. The molecule has 8 heteroatoms. The van der Waals surface area contributed by atoms with Gasteiger partial charge in [0.15, 0.2) is 5.65 Å². The summed E-state index contributed by atoms with van der Waals surface area (Å²) in [6.45, 7) is 10.8. The molecule has 1 fully saturated rings. The molecule has 0 amide bonds. The number of benzene rings is 1. The van der Waals surface area contributed by atoms with E-state index >= 15 is 0 Å². The normalized spacial score (nSPS) is 16.4. The first-order valence-electron chi connectivity index (χ1n) is 10.9. The summed E-state index contributed by atoms with van der Waals surface area (Å²) in [4.78, 5) is 20.2. The Hall–Kier alpha value is -2.87. The van der Waals surface area contributed by atoms with Gasteiger partial charge in [-0.2, -0.15) is 10.1 Å². The number of hydrogen-bond acceptors (Lipinski definition) is 6. The van der Waals surface area contributed by atoms with Crippen molar-refractivity contribution in [1.29, 1.82) is 0 Å². The van der Waals surface area contributed by atoms with E-state index in [-0.39, 0.29) is 16.5 Å². The molecule has 1 aliphatic rings. The Morgan fingerprint density at radius 3 is 2.58 bits per heavy atom. The molecule has 3 heterocycles. The Labute approximate surface area is 182 Å². The summed E-state index contributed by atoms with van der Waals surface area (Å²) < 4.78 is 13.0. The quantitative estimate of drug-likeness (QED) is 0.628. The lowest BCUT2D eigenvalue weighted by Crippen LogP contribution is -2.40. The summed E-state index contributed by atoms with van der Waals surface area (Å²) in [5.41, 5.74) is 1.24. The summed E-state index contributed by atoms with van der Waals surface area (Å²) in [5, 5.41) is 8.27. The maximum absolute atomic E-state index is 12.6. The van der Waals surface area contributed by atoms with Crippen molar-refractivity contribution in [2.75, 3.05) is 31.7 Å².